The third-order valence-electron chi connectivity index (χ3n) is 4.25. The molecule has 0 aliphatic carbocycles. The van der Waals surface area contributed by atoms with Crippen molar-refractivity contribution in [1.82, 2.24) is 9.97 Å². The first-order valence-corrected chi connectivity index (χ1v) is 10.8. The number of aryl methyl sites for hydroxylation is 1. The molecule has 158 valence electrons. The molecule has 0 saturated heterocycles. The van der Waals surface area contributed by atoms with E-state index in [1.807, 2.05) is 4.72 Å². The molecule has 0 bridgehead atoms. The number of hydrogen-bond donors (Lipinski definition) is 2. The van der Waals surface area contributed by atoms with E-state index in [1.165, 1.54) is 18.5 Å². The number of halogens is 3. The van der Waals surface area contributed by atoms with Crippen LogP contribution in [0, 0.1) is 12.7 Å². The molecule has 30 heavy (non-hydrogen) atoms. The number of fused-ring (bicyclic) bond motifs is 1. The third kappa shape index (κ3) is 4.65. The van der Waals surface area contributed by atoms with E-state index >= 15 is 0 Å². The van der Waals surface area contributed by atoms with E-state index in [2.05, 4.69) is 15.3 Å². The summed E-state index contributed by atoms with van der Waals surface area (Å²) in [7, 11) is -3.97. The monoisotopic (exact) mass is 454 g/mol. The Hall–Kier alpha value is -2.85. The van der Waals surface area contributed by atoms with Gasteiger partial charge in [-0.15, -0.1) is 0 Å². The molecule has 1 heterocycles. The number of rotatable bonds is 7. The Morgan fingerprint density at radius 3 is 2.70 bits per heavy atom. The molecule has 11 heteroatoms. The van der Waals surface area contributed by atoms with E-state index in [0.29, 0.717) is 16.6 Å². The number of carbonyl (C=O) groups is 1. The number of nitrogens with one attached hydrogen (secondary N) is 2. The summed E-state index contributed by atoms with van der Waals surface area (Å²) in [6.45, 7) is 0.945. The zero-order chi connectivity index (χ0) is 21.9. The van der Waals surface area contributed by atoms with Gasteiger partial charge < -0.3 is 5.32 Å². The fourth-order valence-corrected chi connectivity index (χ4v) is 4.07. The lowest BCUT2D eigenvalue weighted by Crippen LogP contribution is -2.19. The highest BCUT2D eigenvalue weighted by Gasteiger charge is 2.21. The van der Waals surface area contributed by atoms with Gasteiger partial charge in [-0.1, -0.05) is 23.7 Å². The molecule has 0 atom stereocenters. The lowest BCUT2D eigenvalue weighted by Gasteiger charge is -2.14. The first-order chi connectivity index (χ1) is 14.2. The molecule has 7 nitrogen and oxygen atoms in total. The van der Waals surface area contributed by atoms with E-state index in [-0.39, 0.29) is 17.0 Å². The maximum atomic E-state index is 14.9. The number of para-hydroxylation sites is 1. The molecular weight excluding hydrogens is 438 g/mol. The van der Waals surface area contributed by atoms with E-state index in [9.17, 15) is 22.0 Å². The van der Waals surface area contributed by atoms with Crippen molar-refractivity contribution in [3.05, 3.63) is 58.8 Å². The fourth-order valence-electron chi connectivity index (χ4n) is 2.79. The van der Waals surface area contributed by atoms with Crippen molar-refractivity contribution in [3.8, 4) is 0 Å². The Morgan fingerprint density at radius 2 is 1.97 bits per heavy atom. The Balaban J connectivity index is 1.94. The molecule has 0 aliphatic heterocycles. The molecule has 3 aromatic rings. The molecule has 0 fully saturated rings. The summed E-state index contributed by atoms with van der Waals surface area (Å²) in [5.74, 6) is -2.26. The number of aromatic nitrogens is 2. The van der Waals surface area contributed by atoms with Crippen LogP contribution in [-0.4, -0.2) is 36.7 Å². The SMILES string of the molecule is Cc1ncnc2c(C(=O)Nc3c(Cl)ccc(NS(=O)(=O)CCCF)c3F)cccc12. The second-order valence-electron chi connectivity index (χ2n) is 6.36. The second kappa shape index (κ2) is 8.88. The predicted octanol–water partition coefficient (Wildman–Crippen LogP) is 4.08. The van der Waals surface area contributed by atoms with Gasteiger partial charge in [0.05, 0.1) is 39.9 Å². The number of hydrogen-bond acceptors (Lipinski definition) is 5. The van der Waals surface area contributed by atoms with Gasteiger partial charge in [0.2, 0.25) is 10.0 Å². The van der Waals surface area contributed by atoms with Crippen molar-refractivity contribution in [3.63, 3.8) is 0 Å². The molecule has 1 aromatic heterocycles. The average Bonchev–Trinajstić information content (AvgIpc) is 2.71. The lowest BCUT2D eigenvalue weighted by atomic mass is 10.1. The topological polar surface area (TPSA) is 101 Å². The van der Waals surface area contributed by atoms with Crippen molar-refractivity contribution in [1.29, 1.82) is 0 Å². The summed E-state index contributed by atoms with van der Waals surface area (Å²) >= 11 is 6.02. The van der Waals surface area contributed by atoms with Crippen molar-refractivity contribution >= 4 is 49.8 Å². The summed E-state index contributed by atoms with van der Waals surface area (Å²) in [4.78, 5) is 21.0. The standard InChI is InChI=1S/C19H17ClF2N4O3S/c1-11-12-4-2-5-13(17(12)24-10-23-11)19(27)25-18-14(20)6-7-15(16(18)22)26-30(28,29)9-3-8-21/h2,4-7,10,26H,3,8-9H2,1H3,(H,25,27). The van der Waals surface area contributed by atoms with Crippen LogP contribution < -0.4 is 10.0 Å². The molecule has 3 rings (SSSR count). The van der Waals surface area contributed by atoms with E-state index < -0.39 is 45.5 Å². The second-order valence-corrected chi connectivity index (χ2v) is 8.61. The fraction of sp³-hybridized carbons (Fsp3) is 0.211. The quantitative estimate of drug-likeness (QED) is 0.560. The summed E-state index contributed by atoms with van der Waals surface area (Å²) in [5, 5.41) is 2.91. The van der Waals surface area contributed by atoms with Gasteiger partial charge in [0.25, 0.3) is 5.91 Å². The minimum absolute atomic E-state index is 0.126. The third-order valence-corrected chi connectivity index (χ3v) is 5.92. The Labute approximate surface area is 176 Å². The van der Waals surface area contributed by atoms with E-state index in [1.54, 1.807) is 19.1 Å². The molecule has 1 amide bonds. The Kier molecular flexibility index (Phi) is 6.47. The first-order valence-electron chi connectivity index (χ1n) is 8.79. The van der Waals surface area contributed by atoms with Gasteiger partial charge in [0.15, 0.2) is 5.82 Å². The largest absolute Gasteiger partial charge is 0.318 e. The van der Waals surface area contributed by atoms with Crippen LogP contribution in [0.5, 0.6) is 0 Å². The van der Waals surface area contributed by atoms with Gasteiger partial charge in [-0.25, -0.2) is 22.8 Å². The summed E-state index contributed by atoms with van der Waals surface area (Å²) in [6.07, 6.45) is 1.09. The number of anilines is 2. The van der Waals surface area contributed by atoms with Crippen LogP contribution in [0.15, 0.2) is 36.7 Å². The molecule has 2 aromatic carbocycles. The number of carbonyl (C=O) groups excluding carboxylic acids is 1. The molecular formula is C19H17ClF2N4O3S. The highest BCUT2D eigenvalue weighted by molar-refractivity contribution is 7.92. The van der Waals surface area contributed by atoms with Gasteiger partial charge >= 0.3 is 0 Å². The van der Waals surface area contributed by atoms with Gasteiger partial charge in [-0.3, -0.25) is 13.9 Å². The zero-order valence-electron chi connectivity index (χ0n) is 15.7. The van der Waals surface area contributed by atoms with Gasteiger partial charge in [-0.2, -0.15) is 0 Å². The number of alkyl halides is 1. The molecule has 0 radical (unpaired) electrons. The maximum absolute atomic E-state index is 14.9. The van der Waals surface area contributed by atoms with Crippen molar-refractivity contribution in [2.45, 2.75) is 13.3 Å². The highest BCUT2D eigenvalue weighted by atomic mass is 35.5. The van der Waals surface area contributed by atoms with Gasteiger partial charge in [-0.05, 0) is 31.5 Å². The summed E-state index contributed by atoms with van der Waals surface area (Å²) < 4.78 is 53.1. The van der Waals surface area contributed by atoms with Crippen LogP contribution in [0.25, 0.3) is 10.9 Å². The Morgan fingerprint density at radius 1 is 1.20 bits per heavy atom. The van der Waals surface area contributed by atoms with Gasteiger partial charge in [0.1, 0.15) is 6.33 Å². The van der Waals surface area contributed by atoms with Crippen LogP contribution in [0.3, 0.4) is 0 Å². The summed E-state index contributed by atoms with van der Waals surface area (Å²) in [5.41, 5.74) is 0.410. The van der Waals surface area contributed by atoms with Crippen LogP contribution in [-0.2, 0) is 10.0 Å². The highest BCUT2D eigenvalue weighted by Crippen LogP contribution is 2.32. The Bertz CT molecular complexity index is 1220. The predicted molar refractivity (Wildman–Crippen MR) is 112 cm³/mol. The van der Waals surface area contributed by atoms with E-state index in [4.69, 9.17) is 11.6 Å². The van der Waals surface area contributed by atoms with Crippen LogP contribution >= 0.6 is 11.6 Å². The molecule has 0 saturated carbocycles. The lowest BCUT2D eigenvalue weighted by molar-refractivity contribution is 0.102. The number of benzene rings is 2. The van der Waals surface area contributed by atoms with Crippen molar-refractivity contribution in [2.75, 3.05) is 22.5 Å². The average molecular weight is 455 g/mol. The summed E-state index contributed by atoms with van der Waals surface area (Å²) in [6, 6.07) is 7.26. The minimum Gasteiger partial charge on any atom is -0.318 e. The molecule has 0 aliphatic rings. The van der Waals surface area contributed by atoms with Crippen LogP contribution in [0.1, 0.15) is 22.5 Å². The van der Waals surface area contributed by atoms with E-state index in [0.717, 1.165) is 6.07 Å². The smallest absolute Gasteiger partial charge is 0.257 e. The number of nitrogens with zero attached hydrogens (tertiary/aromatic N) is 2. The maximum Gasteiger partial charge on any atom is 0.257 e. The van der Waals surface area contributed by atoms with Crippen molar-refractivity contribution < 1.29 is 22.0 Å². The normalized spacial score (nSPS) is 11.5. The van der Waals surface area contributed by atoms with Crippen LogP contribution in [0.4, 0.5) is 20.2 Å². The van der Waals surface area contributed by atoms with Gasteiger partial charge in [0, 0.05) is 11.1 Å². The molecule has 0 unspecified atom stereocenters. The first kappa shape index (κ1) is 21.8. The molecule has 2 N–H and O–H groups in total. The van der Waals surface area contributed by atoms with Crippen molar-refractivity contribution in [2.24, 2.45) is 0 Å². The minimum atomic E-state index is -3.97. The molecule has 0 spiro atoms. The number of sulfonamides is 1. The zero-order valence-corrected chi connectivity index (χ0v) is 17.3. The number of amides is 1. The van der Waals surface area contributed by atoms with Crippen LogP contribution in [0.2, 0.25) is 5.02 Å².